The van der Waals surface area contributed by atoms with Crippen molar-refractivity contribution < 1.29 is 23.2 Å². The van der Waals surface area contributed by atoms with Crippen molar-refractivity contribution in [3.05, 3.63) is 35.4 Å². The van der Waals surface area contributed by atoms with E-state index >= 15 is 0 Å². The van der Waals surface area contributed by atoms with Crippen LogP contribution in [0.4, 0.5) is 13.2 Å². The molecule has 0 bridgehead atoms. The number of piperidine rings is 1. The molecule has 1 saturated heterocycles. The summed E-state index contributed by atoms with van der Waals surface area (Å²) in [5, 5.41) is 12.0. The average molecular weight is 300 g/mol. The second-order valence-electron chi connectivity index (χ2n) is 5.07. The number of hydrogen-bond donors (Lipinski definition) is 1. The van der Waals surface area contributed by atoms with E-state index in [1.165, 1.54) is 17.0 Å². The minimum absolute atomic E-state index is 0.0152. The molecule has 1 aliphatic rings. The van der Waals surface area contributed by atoms with Gasteiger partial charge in [-0.05, 0) is 18.2 Å². The number of amides is 1. The molecule has 1 fully saturated rings. The summed E-state index contributed by atoms with van der Waals surface area (Å²) in [7, 11) is 0. The molecule has 114 valence electrons. The van der Waals surface area contributed by atoms with Gasteiger partial charge in [0.25, 0.3) is 5.91 Å². The number of carbonyl (C=O) groups excluding carboxylic acids is 1. The van der Waals surface area contributed by atoms with E-state index in [4.69, 9.17) is 5.21 Å². The van der Waals surface area contributed by atoms with E-state index < -0.39 is 17.6 Å². The quantitative estimate of drug-likeness (QED) is 0.640. The van der Waals surface area contributed by atoms with E-state index in [2.05, 4.69) is 5.16 Å². The van der Waals surface area contributed by atoms with Crippen molar-refractivity contribution in [1.82, 2.24) is 4.90 Å². The predicted molar refractivity (Wildman–Crippen MR) is 70.4 cm³/mol. The fraction of sp³-hybridized carbons (Fsp3) is 0.429. The predicted octanol–water partition coefficient (Wildman–Crippen LogP) is 3.02. The number of benzene rings is 1. The van der Waals surface area contributed by atoms with Crippen LogP contribution >= 0.6 is 0 Å². The number of carbonyl (C=O) groups is 1. The molecule has 1 aliphatic heterocycles. The minimum atomic E-state index is -4.47. The van der Waals surface area contributed by atoms with Crippen LogP contribution < -0.4 is 0 Å². The van der Waals surface area contributed by atoms with E-state index in [1.54, 1.807) is 6.92 Å². The van der Waals surface area contributed by atoms with E-state index in [1.807, 2.05) is 0 Å². The lowest BCUT2D eigenvalue weighted by Gasteiger charge is -2.31. The zero-order valence-electron chi connectivity index (χ0n) is 11.4. The Morgan fingerprint density at radius 2 is 2.14 bits per heavy atom. The van der Waals surface area contributed by atoms with Gasteiger partial charge in [0.05, 0.1) is 11.3 Å². The van der Waals surface area contributed by atoms with Gasteiger partial charge in [-0.2, -0.15) is 13.2 Å². The van der Waals surface area contributed by atoms with E-state index in [9.17, 15) is 18.0 Å². The van der Waals surface area contributed by atoms with Crippen LogP contribution in [0.5, 0.6) is 0 Å². The maximum Gasteiger partial charge on any atom is 0.416 e. The Kier molecular flexibility index (Phi) is 4.20. The van der Waals surface area contributed by atoms with E-state index in [-0.39, 0.29) is 11.5 Å². The van der Waals surface area contributed by atoms with Crippen LogP contribution in [0.25, 0.3) is 0 Å². The fourth-order valence-corrected chi connectivity index (χ4v) is 2.37. The molecule has 1 aromatic carbocycles. The lowest BCUT2D eigenvalue weighted by molar-refractivity contribution is -0.137. The SMILES string of the molecule is CC1CN(C(=O)c2cccc(C(F)(F)F)c2)CC/C1=N\O. The summed E-state index contributed by atoms with van der Waals surface area (Å²) in [6, 6.07) is 4.40. The molecule has 21 heavy (non-hydrogen) atoms. The van der Waals surface area contributed by atoms with Gasteiger partial charge in [-0.15, -0.1) is 0 Å². The molecule has 0 radical (unpaired) electrons. The maximum atomic E-state index is 12.7. The van der Waals surface area contributed by atoms with Gasteiger partial charge in [-0.25, -0.2) is 0 Å². The number of oxime groups is 1. The van der Waals surface area contributed by atoms with Gasteiger partial charge in [-0.3, -0.25) is 4.79 Å². The van der Waals surface area contributed by atoms with Crippen molar-refractivity contribution in [1.29, 1.82) is 0 Å². The number of nitrogens with zero attached hydrogens (tertiary/aromatic N) is 2. The molecular weight excluding hydrogens is 285 g/mol. The minimum Gasteiger partial charge on any atom is -0.411 e. The first-order chi connectivity index (χ1) is 9.82. The highest BCUT2D eigenvalue weighted by Gasteiger charge is 2.32. The normalized spacial score (nSPS) is 21.6. The smallest absolute Gasteiger partial charge is 0.411 e. The molecule has 1 aromatic rings. The monoisotopic (exact) mass is 300 g/mol. The van der Waals surface area contributed by atoms with Crippen molar-refractivity contribution >= 4 is 11.6 Å². The topological polar surface area (TPSA) is 52.9 Å². The second kappa shape index (κ2) is 5.75. The number of rotatable bonds is 1. The zero-order chi connectivity index (χ0) is 15.6. The van der Waals surface area contributed by atoms with E-state index in [0.29, 0.717) is 25.2 Å². The van der Waals surface area contributed by atoms with Gasteiger partial charge in [0.2, 0.25) is 0 Å². The van der Waals surface area contributed by atoms with Crippen molar-refractivity contribution in [2.24, 2.45) is 11.1 Å². The highest BCUT2D eigenvalue weighted by molar-refractivity contribution is 5.96. The van der Waals surface area contributed by atoms with Gasteiger partial charge < -0.3 is 10.1 Å². The van der Waals surface area contributed by atoms with Crippen molar-refractivity contribution in [2.45, 2.75) is 19.5 Å². The molecule has 0 spiro atoms. The Hall–Kier alpha value is -2.05. The van der Waals surface area contributed by atoms with Gasteiger partial charge in [0.1, 0.15) is 0 Å². The third kappa shape index (κ3) is 3.34. The Morgan fingerprint density at radius 1 is 1.43 bits per heavy atom. The molecule has 0 saturated carbocycles. The lowest BCUT2D eigenvalue weighted by atomic mass is 9.97. The molecule has 7 heteroatoms. The number of hydrogen-bond acceptors (Lipinski definition) is 3. The third-order valence-corrected chi connectivity index (χ3v) is 3.55. The van der Waals surface area contributed by atoms with Gasteiger partial charge in [0.15, 0.2) is 0 Å². The molecule has 0 aromatic heterocycles. The molecule has 1 N–H and O–H groups in total. The van der Waals surface area contributed by atoms with Crippen molar-refractivity contribution in [3.63, 3.8) is 0 Å². The number of likely N-dealkylation sites (tertiary alicyclic amines) is 1. The first-order valence-corrected chi connectivity index (χ1v) is 6.50. The molecule has 1 heterocycles. The molecule has 1 atom stereocenters. The highest BCUT2D eigenvalue weighted by Crippen LogP contribution is 2.30. The summed E-state index contributed by atoms with van der Waals surface area (Å²) < 4.78 is 38.0. The maximum absolute atomic E-state index is 12.7. The summed E-state index contributed by atoms with van der Waals surface area (Å²) in [5.41, 5.74) is -0.222. The lowest BCUT2D eigenvalue weighted by Crippen LogP contribution is -2.43. The molecule has 0 aliphatic carbocycles. The van der Waals surface area contributed by atoms with Crippen LogP contribution in [0.1, 0.15) is 29.3 Å². The molecule has 1 unspecified atom stereocenters. The fourth-order valence-electron chi connectivity index (χ4n) is 2.37. The Morgan fingerprint density at radius 3 is 2.71 bits per heavy atom. The Bertz CT molecular complexity index is 570. The first-order valence-electron chi connectivity index (χ1n) is 6.50. The van der Waals surface area contributed by atoms with Crippen LogP contribution in [0.15, 0.2) is 29.4 Å². The first kappa shape index (κ1) is 15.3. The molecule has 2 rings (SSSR count). The van der Waals surface area contributed by atoms with Gasteiger partial charge in [-0.1, -0.05) is 18.1 Å². The standard InChI is InChI=1S/C14H15F3N2O2/c1-9-8-19(6-5-12(9)18-21)13(20)10-3-2-4-11(7-10)14(15,16)17/h2-4,7,9,21H,5-6,8H2,1H3/b18-12+. The van der Waals surface area contributed by atoms with Crippen molar-refractivity contribution in [3.8, 4) is 0 Å². The summed E-state index contributed by atoms with van der Waals surface area (Å²) in [6.07, 6.45) is -4.05. The molecule has 1 amide bonds. The summed E-state index contributed by atoms with van der Waals surface area (Å²) in [6.45, 7) is 2.47. The van der Waals surface area contributed by atoms with Gasteiger partial charge in [0, 0.05) is 31.0 Å². The van der Waals surface area contributed by atoms with Crippen LogP contribution in [-0.2, 0) is 6.18 Å². The van der Waals surface area contributed by atoms with Crippen LogP contribution in [-0.4, -0.2) is 34.8 Å². The Balaban J connectivity index is 2.18. The van der Waals surface area contributed by atoms with E-state index in [0.717, 1.165) is 12.1 Å². The summed E-state index contributed by atoms with van der Waals surface area (Å²) in [5.74, 6) is -0.552. The highest BCUT2D eigenvalue weighted by atomic mass is 19.4. The molecular formula is C14H15F3N2O2. The Labute approximate surface area is 119 Å². The van der Waals surface area contributed by atoms with Crippen LogP contribution in [0, 0.1) is 5.92 Å². The van der Waals surface area contributed by atoms with Crippen molar-refractivity contribution in [2.75, 3.05) is 13.1 Å². The number of alkyl halides is 3. The second-order valence-corrected chi connectivity index (χ2v) is 5.07. The summed E-state index contributed by atoms with van der Waals surface area (Å²) >= 11 is 0. The largest absolute Gasteiger partial charge is 0.416 e. The molecule has 4 nitrogen and oxygen atoms in total. The third-order valence-electron chi connectivity index (χ3n) is 3.55. The van der Waals surface area contributed by atoms with Crippen LogP contribution in [0.2, 0.25) is 0 Å². The number of halogens is 3. The zero-order valence-corrected chi connectivity index (χ0v) is 11.4. The summed E-state index contributed by atoms with van der Waals surface area (Å²) in [4.78, 5) is 13.8. The van der Waals surface area contributed by atoms with Gasteiger partial charge >= 0.3 is 6.18 Å². The van der Waals surface area contributed by atoms with Crippen LogP contribution in [0.3, 0.4) is 0 Å². The average Bonchev–Trinajstić information content (AvgIpc) is 2.45.